The summed E-state index contributed by atoms with van der Waals surface area (Å²) in [6, 6.07) is 3.86. The van der Waals surface area contributed by atoms with Crippen molar-refractivity contribution in [2.75, 3.05) is 6.54 Å². The fourth-order valence-corrected chi connectivity index (χ4v) is 3.09. The van der Waals surface area contributed by atoms with Crippen LogP contribution in [0.15, 0.2) is 18.2 Å². The molecule has 3 amide bonds. The Bertz CT molecular complexity index is 638. The van der Waals surface area contributed by atoms with Gasteiger partial charge in [0.2, 0.25) is 5.91 Å². The number of carbonyl (C=O) groups is 3. The van der Waals surface area contributed by atoms with Crippen LogP contribution in [0, 0.1) is 0 Å². The van der Waals surface area contributed by atoms with E-state index in [1.54, 1.807) is 18.2 Å². The summed E-state index contributed by atoms with van der Waals surface area (Å²) in [4.78, 5) is 34.3. The van der Waals surface area contributed by atoms with Gasteiger partial charge in [0.25, 0.3) is 0 Å². The summed E-state index contributed by atoms with van der Waals surface area (Å²) in [6.45, 7) is 0.225. The number of halogens is 2. The van der Waals surface area contributed by atoms with Gasteiger partial charge >= 0.3 is 12.2 Å². The Morgan fingerprint density at radius 2 is 1.83 bits per heavy atom. The molecular formula is C14H14Cl2N2O5. The lowest BCUT2D eigenvalue weighted by Gasteiger charge is -2.22. The molecule has 0 spiro atoms. The highest BCUT2D eigenvalue weighted by Gasteiger charge is 2.37. The predicted octanol–water partition coefficient (Wildman–Crippen LogP) is 3.01. The first-order valence-corrected chi connectivity index (χ1v) is 7.55. The normalized spacial score (nSPS) is 21.2. The zero-order valence-electron chi connectivity index (χ0n) is 11.8. The Morgan fingerprint density at radius 1 is 1.17 bits per heavy atom. The molecule has 0 radical (unpaired) electrons. The average Bonchev–Trinajstić information content (AvgIpc) is 2.65. The van der Waals surface area contributed by atoms with E-state index in [0.717, 1.165) is 5.56 Å². The molecule has 1 saturated heterocycles. The van der Waals surface area contributed by atoms with E-state index in [2.05, 4.69) is 5.32 Å². The topological polar surface area (TPSA) is 107 Å². The summed E-state index contributed by atoms with van der Waals surface area (Å²) in [5.74, 6) is -0.824. The number of imide groups is 1. The number of nitrogens with zero attached hydrogens (tertiary/aromatic N) is 1. The SMILES string of the molecule is O=C1NCC(c2cccc(Cl)c2Cl)CC[C@H]1N(C(=O)O)C(=O)O. The molecule has 1 aromatic carbocycles. The van der Waals surface area contributed by atoms with Gasteiger partial charge in [-0.2, -0.15) is 4.90 Å². The van der Waals surface area contributed by atoms with Gasteiger partial charge in [-0.3, -0.25) is 4.79 Å². The van der Waals surface area contributed by atoms with E-state index in [4.69, 9.17) is 33.4 Å². The van der Waals surface area contributed by atoms with Crippen molar-refractivity contribution in [3.8, 4) is 0 Å². The van der Waals surface area contributed by atoms with Crippen LogP contribution in [0.5, 0.6) is 0 Å². The second-order valence-electron chi connectivity index (χ2n) is 5.11. The standard InChI is InChI=1S/C14H14Cl2N2O5/c15-9-3-1-2-8(11(9)16)7-4-5-10(12(19)17-6-7)18(13(20)21)14(22)23/h1-3,7,10H,4-6H2,(H,17,19)(H,20,21)(H,22,23)/t7?,10-/m1/s1. The van der Waals surface area contributed by atoms with Crippen LogP contribution in [0.4, 0.5) is 9.59 Å². The maximum Gasteiger partial charge on any atom is 0.417 e. The number of hydrogen-bond acceptors (Lipinski definition) is 3. The van der Waals surface area contributed by atoms with Gasteiger partial charge in [-0.15, -0.1) is 0 Å². The molecule has 1 fully saturated rings. The summed E-state index contributed by atoms with van der Waals surface area (Å²) in [7, 11) is 0. The predicted molar refractivity (Wildman–Crippen MR) is 83.1 cm³/mol. The number of nitrogens with one attached hydrogen (secondary N) is 1. The second kappa shape index (κ2) is 7.06. The first-order chi connectivity index (χ1) is 10.8. The van der Waals surface area contributed by atoms with Gasteiger partial charge < -0.3 is 15.5 Å². The molecule has 9 heteroatoms. The van der Waals surface area contributed by atoms with Gasteiger partial charge in [0.15, 0.2) is 0 Å². The minimum absolute atomic E-state index is 0.0674. The van der Waals surface area contributed by atoms with Crippen LogP contribution in [0.1, 0.15) is 24.3 Å². The molecule has 7 nitrogen and oxygen atoms in total. The molecule has 0 aliphatic carbocycles. The van der Waals surface area contributed by atoms with Gasteiger partial charge in [-0.05, 0) is 24.5 Å². The maximum absolute atomic E-state index is 12.1. The van der Waals surface area contributed by atoms with Crippen molar-refractivity contribution >= 4 is 41.3 Å². The van der Waals surface area contributed by atoms with Gasteiger partial charge in [0.1, 0.15) is 6.04 Å². The van der Waals surface area contributed by atoms with Crippen molar-refractivity contribution in [2.45, 2.75) is 24.8 Å². The summed E-state index contributed by atoms with van der Waals surface area (Å²) < 4.78 is 0. The largest absolute Gasteiger partial charge is 0.464 e. The lowest BCUT2D eigenvalue weighted by Crippen LogP contribution is -2.50. The zero-order valence-corrected chi connectivity index (χ0v) is 13.3. The monoisotopic (exact) mass is 360 g/mol. The Kier molecular flexibility index (Phi) is 5.33. The van der Waals surface area contributed by atoms with Crippen LogP contribution < -0.4 is 5.32 Å². The molecule has 1 aliphatic heterocycles. The van der Waals surface area contributed by atoms with E-state index in [9.17, 15) is 14.4 Å². The smallest absolute Gasteiger partial charge is 0.417 e. The summed E-state index contributed by atoms with van der Waals surface area (Å²) in [5, 5.41) is 21.3. The quantitative estimate of drug-likeness (QED) is 0.751. The molecule has 2 atom stereocenters. The number of rotatable bonds is 2. The fraction of sp³-hybridized carbons (Fsp3) is 0.357. The van der Waals surface area contributed by atoms with Crippen molar-refractivity contribution in [2.24, 2.45) is 0 Å². The highest BCUT2D eigenvalue weighted by Crippen LogP contribution is 2.34. The fourth-order valence-electron chi connectivity index (χ4n) is 2.63. The van der Waals surface area contributed by atoms with E-state index in [-0.39, 0.29) is 23.8 Å². The molecule has 0 saturated carbocycles. The number of carbonyl (C=O) groups excluding carboxylic acids is 1. The molecule has 1 aromatic rings. The average molecular weight is 361 g/mol. The van der Waals surface area contributed by atoms with Crippen molar-refractivity contribution in [1.29, 1.82) is 0 Å². The molecule has 124 valence electrons. The molecule has 0 aromatic heterocycles. The Morgan fingerprint density at radius 3 is 2.43 bits per heavy atom. The molecule has 1 heterocycles. The van der Waals surface area contributed by atoms with Crippen molar-refractivity contribution in [1.82, 2.24) is 10.2 Å². The van der Waals surface area contributed by atoms with Crippen LogP contribution in [-0.4, -0.2) is 45.8 Å². The van der Waals surface area contributed by atoms with Crippen molar-refractivity contribution < 1.29 is 24.6 Å². The van der Waals surface area contributed by atoms with Crippen LogP contribution >= 0.6 is 23.2 Å². The number of amides is 3. The number of benzene rings is 1. The highest BCUT2D eigenvalue weighted by molar-refractivity contribution is 6.42. The van der Waals surface area contributed by atoms with Gasteiger partial charge in [-0.1, -0.05) is 35.3 Å². The van der Waals surface area contributed by atoms with Gasteiger partial charge in [-0.25, -0.2) is 9.59 Å². The summed E-state index contributed by atoms with van der Waals surface area (Å²) in [5.41, 5.74) is 0.734. The third kappa shape index (κ3) is 3.68. The molecule has 1 unspecified atom stereocenters. The molecule has 3 N–H and O–H groups in total. The molecule has 2 rings (SSSR count). The maximum atomic E-state index is 12.1. The van der Waals surface area contributed by atoms with E-state index in [1.165, 1.54) is 0 Å². The minimum Gasteiger partial charge on any atom is -0.464 e. The van der Waals surface area contributed by atoms with Crippen LogP contribution in [0.25, 0.3) is 0 Å². The van der Waals surface area contributed by atoms with Gasteiger partial charge in [0.05, 0.1) is 10.0 Å². The first-order valence-electron chi connectivity index (χ1n) is 6.79. The second-order valence-corrected chi connectivity index (χ2v) is 5.90. The van der Waals surface area contributed by atoms with E-state index in [0.29, 0.717) is 16.5 Å². The Labute approximate surface area is 141 Å². The van der Waals surface area contributed by atoms with Crippen molar-refractivity contribution in [3.05, 3.63) is 33.8 Å². The van der Waals surface area contributed by atoms with E-state index < -0.39 is 24.1 Å². The summed E-state index contributed by atoms with van der Waals surface area (Å²) in [6.07, 6.45) is -2.91. The van der Waals surface area contributed by atoms with E-state index in [1.807, 2.05) is 0 Å². The van der Waals surface area contributed by atoms with Crippen LogP contribution in [0.2, 0.25) is 10.0 Å². The number of carboxylic acid groups (broad SMARTS) is 2. The highest BCUT2D eigenvalue weighted by atomic mass is 35.5. The molecule has 1 aliphatic rings. The Hall–Kier alpha value is -1.99. The van der Waals surface area contributed by atoms with E-state index >= 15 is 0 Å². The van der Waals surface area contributed by atoms with Crippen LogP contribution in [0.3, 0.4) is 0 Å². The lowest BCUT2D eigenvalue weighted by atomic mass is 9.93. The van der Waals surface area contributed by atoms with Crippen LogP contribution in [-0.2, 0) is 4.79 Å². The number of hydrogen-bond donors (Lipinski definition) is 3. The lowest BCUT2D eigenvalue weighted by molar-refractivity contribution is -0.125. The molecule has 0 bridgehead atoms. The third-order valence-electron chi connectivity index (χ3n) is 3.76. The minimum atomic E-state index is -1.68. The first kappa shape index (κ1) is 17.4. The third-order valence-corrected chi connectivity index (χ3v) is 4.59. The molecule has 23 heavy (non-hydrogen) atoms. The zero-order chi connectivity index (χ0) is 17.1. The summed E-state index contributed by atoms with van der Waals surface area (Å²) >= 11 is 12.2. The molecular weight excluding hydrogens is 347 g/mol. The van der Waals surface area contributed by atoms with Gasteiger partial charge in [0, 0.05) is 12.5 Å². The Balaban J connectivity index is 2.24. The van der Waals surface area contributed by atoms with Crippen molar-refractivity contribution in [3.63, 3.8) is 0 Å².